The first kappa shape index (κ1) is 15.4. The van der Waals surface area contributed by atoms with E-state index in [-0.39, 0.29) is 30.2 Å². The summed E-state index contributed by atoms with van der Waals surface area (Å²) >= 11 is 0. The molecule has 2 aliphatic carbocycles. The van der Waals surface area contributed by atoms with E-state index in [1.165, 1.54) is 6.07 Å². The van der Waals surface area contributed by atoms with Crippen LogP contribution in [0.2, 0.25) is 0 Å². The molecule has 2 N–H and O–H groups in total. The molecule has 5 nitrogen and oxygen atoms in total. The number of hydrogen-bond acceptors (Lipinski definition) is 2. The second kappa shape index (κ2) is 5.46. The Kier molecular flexibility index (Phi) is 3.51. The minimum Gasteiger partial charge on any atom is -0.481 e. The smallest absolute Gasteiger partial charge is 0.321 e. The molecule has 0 unspecified atom stereocenters. The Morgan fingerprint density at radius 1 is 1.29 bits per heavy atom. The number of anilines is 1. The zero-order valence-corrected chi connectivity index (χ0v) is 13.4. The van der Waals surface area contributed by atoms with Gasteiger partial charge in [-0.05, 0) is 61.3 Å². The van der Waals surface area contributed by atoms with Crippen molar-refractivity contribution in [3.8, 4) is 0 Å². The van der Waals surface area contributed by atoms with Crippen LogP contribution in [0, 0.1) is 17.2 Å². The molecule has 128 valence electrons. The van der Waals surface area contributed by atoms with Crippen LogP contribution >= 0.6 is 0 Å². The summed E-state index contributed by atoms with van der Waals surface area (Å²) < 4.78 is 13.8. The Balaban J connectivity index is 1.48. The van der Waals surface area contributed by atoms with Crippen molar-refractivity contribution in [3.63, 3.8) is 0 Å². The summed E-state index contributed by atoms with van der Waals surface area (Å²) in [7, 11) is 0. The molecule has 1 aromatic carbocycles. The molecule has 2 saturated carbocycles. The number of fused-ring (bicyclic) bond motifs is 1. The van der Waals surface area contributed by atoms with Gasteiger partial charge in [0.25, 0.3) is 0 Å². The van der Waals surface area contributed by atoms with Crippen molar-refractivity contribution in [2.45, 2.75) is 38.0 Å². The highest BCUT2D eigenvalue weighted by Crippen LogP contribution is 2.49. The van der Waals surface area contributed by atoms with Gasteiger partial charge in [0, 0.05) is 18.8 Å². The SMILES string of the molecule is O=C(Nc1ccc(F)c(C2CC2)c1)N1C[C@@H]2CCC[C@@]2(C(=O)O)C1. The highest BCUT2D eigenvalue weighted by Gasteiger charge is 2.55. The van der Waals surface area contributed by atoms with E-state index in [2.05, 4.69) is 5.32 Å². The van der Waals surface area contributed by atoms with Crippen molar-refractivity contribution >= 4 is 17.7 Å². The molecule has 1 aliphatic heterocycles. The van der Waals surface area contributed by atoms with Crippen molar-refractivity contribution in [1.29, 1.82) is 0 Å². The average molecular weight is 332 g/mol. The summed E-state index contributed by atoms with van der Waals surface area (Å²) in [6.07, 6.45) is 4.39. The zero-order valence-electron chi connectivity index (χ0n) is 13.4. The van der Waals surface area contributed by atoms with Gasteiger partial charge in [-0.2, -0.15) is 0 Å². The van der Waals surface area contributed by atoms with E-state index < -0.39 is 11.4 Å². The standard InChI is InChI=1S/C18H21FN2O3/c19-15-6-5-13(8-14(15)11-3-4-11)20-17(24)21-9-12-2-1-7-18(12,10-21)16(22)23/h5-6,8,11-12H,1-4,7,9-10H2,(H,20,24)(H,22,23)/t12-,18+/m0/s1. The highest BCUT2D eigenvalue weighted by molar-refractivity contribution is 5.90. The fourth-order valence-corrected chi connectivity index (χ4v) is 4.32. The Morgan fingerprint density at radius 2 is 2.08 bits per heavy atom. The molecule has 1 heterocycles. The quantitative estimate of drug-likeness (QED) is 0.891. The normalized spacial score (nSPS) is 28.7. The van der Waals surface area contributed by atoms with Crippen molar-refractivity contribution in [3.05, 3.63) is 29.6 Å². The molecule has 2 amide bonds. The third-order valence-corrected chi connectivity index (χ3v) is 5.85. The number of carbonyl (C=O) groups excluding carboxylic acids is 1. The van der Waals surface area contributed by atoms with E-state index in [1.807, 2.05) is 0 Å². The third kappa shape index (κ3) is 2.44. The van der Waals surface area contributed by atoms with Crippen LogP contribution < -0.4 is 5.32 Å². The van der Waals surface area contributed by atoms with E-state index in [0.717, 1.165) is 25.7 Å². The molecule has 6 heteroatoms. The number of amides is 2. The van der Waals surface area contributed by atoms with Crippen molar-refractivity contribution in [1.82, 2.24) is 4.90 Å². The lowest BCUT2D eigenvalue weighted by Gasteiger charge is -2.23. The second-order valence-electron chi connectivity index (χ2n) is 7.37. The van der Waals surface area contributed by atoms with Crippen LogP contribution in [0.25, 0.3) is 0 Å². The summed E-state index contributed by atoms with van der Waals surface area (Å²) in [6, 6.07) is 4.36. The Labute approximate surface area is 139 Å². The van der Waals surface area contributed by atoms with Gasteiger partial charge >= 0.3 is 12.0 Å². The van der Waals surface area contributed by atoms with Crippen LogP contribution in [0.1, 0.15) is 43.6 Å². The lowest BCUT2D eigenvalue weighted by Crippen LogP contribution is -2.38. The number of rotatable bonds is 3. The molecule has 0 spiro atoms. The number of benzene rings is 1. The number of nitrogens with zero attached hydrogens (tertiary/aromatic N) is 1. The fourth-order valence-electron chi connectivity index (χ4n) is 4.32. The van der Waals surface area contributed by atoms with E-state index in [4.69, 9.17) is 0 Å². The van der Waals surface area contributed by atoms with E-state index in [0.29, 0.717) is 24.2 Å². The number of hydrogen-bond donors (Lipinski definition) is 2. The molecule has 0 aromatic heterocycles. The van der Waals surface area contributed by atoms with Gasteiger partial charge in [-0.1, -0.05) is 6.42 Å². The van der Waals surface area contributed by atoms with Crippen LogP contribution in [-0.2, 0) is 4.79 Å². The number of carboxylic acids is 1. The predicted molar refractivity (Wildman–Crippen MR) is 86.4 cm³/mol. The second-order valence-corrected chi connectivity index (χ2v) is 7.37. The van der Waals surface area contributed by atoms with Gasteiger partial charge in [-0.3, -0.25) is 4.79 Å². The molecule has 0 radical (unpaired) electrons. The fraction of sp³-hybridized carbons (Fsp3) is 0.556. The predicted octanol–water partition coefficient (Wildman–Crippen LogP) is 3.42. The van der Waals surface area contributed by atoms with Gasteiger partial charge in [-0.15, -0.1) is 0 Å². The molecule has 0 bridgehead atoms. The molecule has 1 aromatic rings. The first-order valence-corrected chi connectivity index (χ1v) is 8.58. The van der Waals surface area contributed by atoms with E-state index in [9.17, 15) is 19.1 Å². The number of carboxylic acid groups (broad SMARTS) is 1. The average Bonchev–Trinajstić information content (AvgIpc) is 3.18. The van der Waals surface area contributed by atoms with Gasteiger partial charge in [0.05, 0.1) is 5.41 Å². The van der Waals surface area contributed by atoms with Crippen LogP contribution in [-0.4, -0.2) is 35.1 Å². The number of urea groups is 1. The summed E-state index contributed by atoms with van der Waals surface area (Å²) in [5.41, 5.74) is 0.456. The Morgan fingerprint density at radius 3 is 2.75 bits per heavy atom. The summed E-state index contributed by atoms with van der Waals surface area (Å²) in [6.45, 7) is 0.740. The summed E-state index contributed by atoms with van der Waals surface area (Å²) in [5, 5.41) is 12.4. The minimum atomic E-state index is -0.793. The van der Waals surface area contributed by atoms with Gasteiger partial charge < -0.3 is 15.3 Å². The molecule has 1 saturated heterocycles. The molecule has 3 fully saturated rings. The molecule has 4 rings (SSSR count). The lowest BCUT2D eigenvalue weighted by atomic mass is 9.81. The highest BCUT2D eigenvalue weighted by atomic mass is 19.1. The van der Waals surface area contributed by atoms with Gasteiger partial charge in [0.15, 0.2) is 0 Å². The molecule has 2 atom stereocenters. The maximum absolute atomic E-state index is 13.8. The maximum Gasteiger partial charge on any atom is 0.321 e. The van der Waals surface area contributed by atoms with Crippen molar-refractivity contribution < 1.29 is 19.1 Å². The Hall–Kier alpha value is -2.11. The number of halogens is 1. The van der Waals surface area contributed by atoms with Crippen LogP contribution in [0.3, 0.4) is 0 Å². The monoisotopic (exact) mass is 332 g/mol. The van der Waals surface area contributed by atoms with Crippen molar-refractivity contribution in [2.24, 2.45) is 11.3 Å². The zero-order chi connectivity index (χ0) is 16.9. The number of carbonyl (C=O) groups is 2. The van der Waals surface area contributed by atoms with Crippen LogP contribution in [0.4, 0.5) is 14.9 Å². The topological polar surface area (TPSA) is 69.6 Å². The van der Waals surface area contributed by atoms with Gasteiger partial charge in [0.2, 0.25) is 0 Å². The lowest BCUT2D eigenvalue weighted by molar-refractivity contribution is -0.149. The Bertz CT molecular complexity index is 704. The van der Waals surface area contributed by atoms with Crippen molar-refractivity contribution in [2.75, 3.05) is 18.4 Å². The molecule has 24 heavy (non-hydrogen) atoms. The summed E-state index contributed by atoms with van der Waals surface area (Å²) in [5.74, 6) is -0.714. The van der Waals surface area contributed by atoms with Gasteiger partial charge in [-0.25, -0.2) is 9.18 Å². The number of likely N-dealkylation sites (tertiary alicyclic amines) is 1. The first-order chi connectivity index (χ1) is 11.5. The molecular weight excluding hydrogens is 311 g/mol. The minimum absolute atomic E-state index is 0.0380. The van der Waals surface area contributed by atoms with Crippen LogP contribution in [0.15, 0.2) is 18.2 Å². The number of aliphatic carboxylic acids is 1. The van der Waals surface area contributed by atoms with E-state index in [1.54, 1.807) is 17.0 Å². The van der Waals surface area contributed by atoms with Crippen LogP contribution in [0.5, 0.6) is 0 Å². The third-order valence-electron chi connectivity index (χ3n) is 5.85. The summed E-state index contributed by atoms with van der Waals surface area (Å²) in [4.78, 5) is 25.8. The van der Waals surface area contributed by atoms with Gasteiger partial charge in [0.1, 0.15) is 5.82 Å². The first-order valence-electron chi connectivity index (χ1n) is 8.58. The largest absolute Gasteiger partial charge is 0.481 e. The molecule has 3 aliphatic rings. The maximum atomic E-state index is 13.8. The number of nitrogens with one attached hydrogen (secondary N) is 1. The van der Waals surface area contributed by atoms with E-state index >= 15 is 0 Å². The molecular formula is C18H21FN2O3.